The molecule has 1 aromatic rings. The number of aryl methyl sites for hydroxylation is 1. The third kappa shape index (κ3) is 3.95. The number of carboxylic acid groups (broad SMARTS) is 1. The Labute approximate surface area is 131 Å². The maximum atomic E-state index is 11.8. The lowest BCUT2D eigenvalue weighted by molar-refractivity contribution is -0.155. The van der Waals surface area contributed by atoms with Crippen molar-refractivity contribution in [1.82, 2.24) is 5.32 Å². The van der Waals surface area contributed by atoms with Crippen LogP contribution in [0.4, 0.5) is 9.80 Å². The second-order valence-electron chi connectivity index (χ2n) is 4.87. The molecular formula is C13H18N2O6S. The van der Waals surface area contributed by atoms with Crippen LogP contribution in [0.25, 0.3) is 0 Å². The van der Waals surface area contributed by atoms with Crippen molar-refractivity contribution in [2.75, 3.05) is 19.0 Å². The number of hydrogen-bond acceptors (Lipinski definition) is 6. The van der Waals surface area contributed by atoms with E-state index in [0.29, 0.717) is 10.6 Å². The summed E-state index contributed by atoms with van der Waals surface area (Å²) in [6.07, 6.45) is 0. The van der Waals surface area contributed by atoms with Gasteiger partial charge in [0, 0.05) is 4.88 Å². The summed E-state index contributed by atoms with van der Waals surface area (Å²) in [7, 11) is 1.24. The van der Waals surface area contributed by atoms with Crippen molar-refractivity contribution >= 4 is 34.3 Å². The number of urea groups is 1. The van der Waals surface area contributed by atoms with Crippen LogP contribution in [-0.4, -0.2) is 47.4 Å². The highest BCUT2D eigenvalue weighted by molar-refractivity contribution is 7.16. The fourth-order valence-corrected chi connectivity index (χ4v) is 2.58. The Morgan fingerprint density at radius 1 is 1.32 bits per heavy atom. The molecule has 0 saturated heterocycles. The normalized spacial score (nSPS) is 13.1. The molecule has 1 unspecified atom stereocenters. The summed E-state index contributed by atoms with van der Waals surface area (Å²) in [4.78, 5) is 35.1. The van der Waals surface area contributed by atoms with E-state index < -0.39 is 30.1 Å². The van der Waals surface area contributed by atoms with Crippen LogP contribution >= 0.6 is 11.3 Å². The average molecular weight is 330 g/mol. The fraction of sp³-hybridized carbons (Fsp3) is 0.462. The van der Waals surface area contributed by atoms with Crippen LogP contribution in [0, 0.1) is 13.8 Å². The Kier molecular flexibility index (Phi) is 5.50. The predicted molar refractivity (Wildman–Crippen MR) is 80.4 cm³/mol. The highest BCUT2D eigenvalue weighted by Crippen LogP contribution is 2.32. The molecule has 1 heterocycles. The summed E-state index contributed by atoms with van der Waals surface area (Å²) >= 11 is 1.20. The molecule has 0 saturated carbocycles. The van der Waals surface area contributed by atoms with E-state index in [1.165, 1.54) is 18.4 Å². The number of anilines is 1. The molecule has 8 nitrogen and oxygen atoms in total. The van der Waals surface area contributed by atoms with Crippen molar-refractivity contribution in [3.05, 3.63) is 16.0 Å². The van der Waals surface area contributed by atoms with Crippen LogP contribution in [0.5, 0.6) is 0 Å². The molecule has 1 aromatic heterocycles. The van der Waals surface area contributed by atoms with Gasteiger partial charge < -0.3 is 20.3 Å². The molecule has 1 rings (SSSR count). The maximum Gasteiger partial charge on any atom is 0.341 e. The van der Waals surface area contributed by atoms with Gasteiger partial charge in [0.05, 0.1) is 19.2 Å². The van der Waals surface area contributed by atoms with Crippen LogP contribution in [0.3, 0.4) is 0 Å². The second-order valence-corrected chi connectivity index (χ2v) is 6.09. The van der Waals surface area contributed by atoms with Crippen LogP contribution in [-0.2, 0) is 9.53 Å². The quantitative estimate of drug-likeness (QED) is 0.599. The molecule has 2 amide bonds. The number of methoxy groups -OCH3 is 1. The standard InChI is InChI=1S/C13H18N2O6S/c1-6-7(2)22-9(8(6)10(16)21-4)15-12(19)14-5-13(3,20)11(17)18/h20H,5H2,1-4H3,(H,17,18)(H2,14,15,19). The van der Waals surface area contributed by atoms with E-state index in [4.69, 9.17) is 5.11 Å². The Balaban J connectivity index is 2.83. The lowest BCUT2D eigenvalue weighted by Gasteiger charge is -2.18. The van der Waals surface area contributed by atoms with Gasteiger partial charge >= 0.3 is 18.0 Å². The minimum atomic E-state index is -2.08. The Bertz CT molecular complexity index is 608. The third-order valence-corrected chi connectivity index (χ3v) is 4.18. The summed E-state index contributed by atoms with van der Waals surface area (Å²) < 4.78 is 4.68. The molecule has 0 aliphatic heterocycles. The van der Waals surface area contributed by atoms with Crippen molar-refractivity contribution in [2.24, 2.45) is 0 Å². The molecular weight excluding hydrogens is 312 g/mol. The largest absolute Gasteiger partial charge is 0.479 e. The zero-order valence-electron chi connectivity index (χ0n) is 12.6. The van der Waals surface area contributed by atoms with Gasteiger partial charge in [-0.1, -0.05) is 0 Å². The van der Waals surface area contributed by atoms with E-state index >= 15 is 0 Å². The number of carbonyl (C=O) groups is 3. The van der Waals surface area contributed by atoms with Gasteiger partial charge in [0.15, 0.2) is 5.60 Å². The summed E-state index contributed by atoms with van der Waals surface area (Å²) in [5, 5.41) is 23.3. The fourth-order valence-electron chi connectivity index (χ4n) is 1.54. The number of nitrogens with one attached hydrogen (secondary N) is 2. The topological polar surface area (TPSA) is 125 Å². The zero-order chi connectivity index (χ0) is 17.1. The van der Waals surface area contributed by atoms with Gasteiger partial charge in [-0.15, -0.1) is 11.3 Å². The first-order valence-corrected chi connectivity index (χ1v) is 7.10. The molecule has 0 bridgehead atoms. The van der Waals surface area contributed by atoms with E-state index in [9.17, 15) is 19.5 Å². The van der Waals surface area contributed by atoms with Gasteiger partial charge in [0.1, 0.15) is 5.00 Å². The molecule has 0 fully saturated rings. The van der Waals surface area contributed by atoms with E-state index in [-0.39, 0.29) is 5.56 Å². The SMILES string of the molecule is COC(=O)c1c(NC(=O)NCC(C)(O)C(=O)O)sc(C)c1C. The van der Waals surface area contributed by atoms with Gasteiger partial charge in [0.2, 0.25) is 0 Å². The smallest absolute Gasteiger partial charge is 0.341 e. The molecule has 0 aliphatic carbocycles. The molecule has 0 radical (unpaired) electrons. The molecule has 122 valence electrons. The van der Waals surface area contributed by atoms with Crippen molar-refractivity contribution in [1.29, 1.82) is 0 Å². The minimum Gasteiger partial charge on any atom is -0.479 e. The van der Waals surface area contributed by atoms with Crippen molar-refractivity contribution in [3.8, 4) is 0 Å². The number of thiophene rings is 1. The monoisotopic (exact) mass is 330 g/mol. The lowest BCUT2D eigenvalue weighted by atomic mass is 10.1. The number of esters is 1. The first kappa shape index (κ1) is 17.9. The number of carboxylic acids is 1. The summed E-state index contributed by atoms with van der Waals surface area (Å²) in [6.45, 7) is 4.11. The number of aliphatic hydroxyl groups is 1. The Hall–Kier alpha value is -2.13. The molecule has 1 atom stereocenters. The number of amides is 2. The van der Waals surface area contributed by atoms with Crippen LogP contribution < -0.4 is 10.6 Å². The molecule has 9 heteroatoms. The van der Waals surface area contributed by atoms with Gasteiger partial charge in [-0.3, -0.25) is 5.32 Å². The van der Waals surface area contributed by atoms with Gasteiger partial charge in [-0.05, 0) is 26.3 Å². The zero-order valence-corrected chi connectivity index (χ0v) is 13.5. The first-order valence-electron chi connectivity index (χ1n) is 6.29. The number of ether oxygens (including phenoxy) is 1. The van der Waals surface area contributed by atoms with Crippen molar-refractivity contribution in [3.63, 3.8) is 0 Å². The summed E-state index contributed by atoms with van der Waals surface area (Å²) in [5.41, 5.74) is -1.13. The molecule has 0 spiro atoms. The van der Waals surface area contributed by atoms with Crippen LogP contribution in [0.15, 0.2) is 0 Å². The van der Waals surface area contributed by atoms with Gasteiger partial charge in [0.25, 0.3) is 0 Å². The van der Waals surface area contributed by atoms with E-state index in [0.717, 1.165) is 11.8 Å². The Morgan fingerprint density at radius 2 is 1.91 bits per heavy atom. The summed E-state index contributed by atoms with van der Waals surface area (Å²) in [5.74, 6) is -2.03. The van der Waals surface area contributed by atoms with E-state index in [1.807, 2.05) is 0 Å². The van der Waals surface area contributed by atoms with Crippen molar-refractivity contribution in [2.45, 2.75) is 26.4 Å². The van der Waals surface area contributed by atoms with E-state index in [2.05, 4.69) is 15.4 Å². The average Bonchev–Trinajstić information content (AvgIpc) is 2.70. The van der Waals surface area contributed by atoms with Crippen LogP contribution in [0.1, 0.15) is 27.7 Å². The number of hydrogen-bond donors (Lipinski definition) is 4. The molecule has 0 aromatic carbocycles. The number of rotatable bonds is 5. The highest BCUT2D eigenvalue weighted by Gasteiger charge is 2.30. The van der Waals surface area contributed by atoms with Gasteiger partial charge in [-0.25, -0.2) is 14.4 Å². The van der Waals surface area contributed by atoms with E-state index in [1.54, 1.807) is 13.8 Å². The molecule has 0 aliphatic rings. The van der Waals surface area contributed by atoms with Crippen LogP contribution in [0.2, 0.25) is 0 Å². The third-order valence-electron chi connectivity index (χ3n) is 3.06. The first-order chi connectivity index (χ1) is 10.1. The maximum absolute atomic E-state index is 11.8. The predicted octanol–water partition coefficient (Wildman–Crippen LogP) is 1.11. The summed E-state index contributed by atoms with van der Waals surface area (Å²) in [6, 6.07) is -0.729. The lowest BCUT2D eigenvalue weighted by Crippen LogP contribution is -2.47. The molecule has 4 N–H and O–H groups in total. The number of aliphatic carboxylic acids is 1. The van der Waals surface area contributed by atoms with Gasteiger partial charge in [-0.2, -0.15) is 0 Å². The number of carbonyl (C=O) groups excluding carboxylic acids is 2. The minimum absolute atomic E-state index is 0.255. The second kappa shape index (κ2) is 6.75. The highest BCUT2D eigenvalue weighted by atomic mass is 32.1. The molecule has 22 heavy (non-hydrogen) atoms. The Morgan fingerprint density at radius 3 is 2.41 bits per heavy atom. The van der Waals surface area contributed by atoms with Crippen molar-refractivity contribution < 1.29 is 29.3 Å².